The molecule has 18 heavy (non-hydrogen) atoms. The summed E-state index contributed by atoms with van der Waals surface area (Å²) in [4.78, 5) is 14.0. The minimum Gasteiger partial charge on any atom is -0.395 e. The van der Waals surface area contributed by atoms with Crippen molar-refractivity contribution in [1.82, 2.24) is 15.1 Å². The van der Waals surface area contributed by atoms with Gasteiger partial charge in [0, 0.05) is 6.54 Å². The van der Waals surface area contributed by atoms with Crippen LogP contribution in [0.3, 0.4) is 0 Å². The van der Waals surface area contributed by atoms with Gasteiger partial charge in [0.1, 0.15) is 0 Å². The Hall–Kier alpha value is -1.56. The number of amides is 1. The molecule has 0 saturated carbocycles. The number of aliphatic hydroxyl groups excluding tert-OH is 1. The molecule has 2 atom stereocenters. The Labute approximate surface area is 106 Å². The van der Waals surface area contributed by atoms with Gasteiger partial charge in [0.25, 0.3) is 5.91 Å². The lowest BCUT2D eigenvalue weighted by Gasteiger charge is -2.24. The number of anilines is 1. The normalized spacial score (nSPS) is 23.6. The van der Waals surface area contributed by atoms with Crippen molar-refractivity contribution in [3.63, 3.8) is 0 Å². The third kappa shape index (κ3) is 1.96. The lowest BCUT2D eigenvalue weighted by molar-refractivity contribution is 0.0643. The lowest BCUT2D eigenvalue weighted by atomic mass is 10.0. The number of hydrogen-bond acceptors (Lipinski definition) is 4. The van der Waals surface area contributed by atoms with Gasteiger partial charge in [-0.3, -0.25) is 9.89 Å². The molecule has 0 spiro atoms. The minimum atomic E-state index is -0.188. The molecule has 0 radical (unpaired) electrons. The zero-order chi connectivity index (χ0) is 13.3. The Morgan fingerprint density at radius 2 is 2.39 bits per heavy atom. The fourth-order valence-electron chi connectivity index (χ4n) is 2.49. The number of aromatic nitrogens is 2. The monoisotopic (exact) mass is 252 g/mol. The largest absolute Gasteiger partial charge is 0.395 e. The molecule has 4 N–H and O–H groups in total. The van der Waals surface area contributed by atoms with E-state index in [0.29, 0.717) is 24.6 Å². The molecule has 2 rings (SSSR count). The summed E-state index contributed by atoms with van der Waals surface area (Å²) < 4.78 is 0. The molecule has 6 heteroatoms. The maximum Gasteiger partial charge on any atom is 0.276 e. The fourth-order valence-corrected chi connectivity index (χ4v) is 2.49. The fraction of sp³-hybridized carbons (Fsp3) is 0.667. The van der Waals surface area contributed by atoms with E-state index in [1.54, 1.807) is 4.90 Å². The first-order valence-electron chi connectivity index (χ1n) is 6.34. The molecular formula is C12H20N4O2. The Bertz CT molecular complexity index is 443. The molecule has 1 saturated heterocycles. The van der Waals surface area contributed by atoms with Gasteiger partial charge in [-0.1, -0.05) is 13.8 Å². The molecule has 100 valence electrons. The number of H-pyrrole nitrogens is 1. The number of carbonyl (C=O) groups is 1. The van der Waals surface area contributed by atoms with E-state index in [1.165, 1.54) is 0 Å². The Balaban J connectivity index is 2.23. The summed E-state index contributed by atoms with van der Waals surface area (Å²) in [5, 5.41) is 16.2. The van der Waals surface area contributed by atoms with Crippen LogP contribution < -0.4 is 5.73 Å². The molecule has 2 unspecified atom stereocenters. The number of hydrogen-bond donors (Lipinski definition) is 3. The third-order valence-electron chi connectivity index (χ3n) is 3.77. The van der Waals surface area contributed by atoms with Gasteiger partial charge in [0.05, 0.1) is 24.0 Å². The number of aryl methyl sites for hydroxylation is 1. The second-order valence-electron chi connectivity index (χ2n) is 4.83. The van der Waals surface area contributed by atoms with Gasteiger partial charge in [-0.2, -0.15) is 5.10 Å². The summed E-state index contributed by atoms with van der Waals surface area (Å²) in [5.74, 6) is 0.122. The van der Waals surface area contributed by atoms with Gasteiger partial charge >= 0.3 is 0 Å². The summed E-state index contributed by atoms with van der Waals surface area (Å²) >= 11 is 0. The third-order valence-corrected chi connectivity index (χ3v) is 3.77. The van der Waals surface area contributed by atoms with Gasteiger partial charge in [-0.05, 0) is 18.8 Å². The van der Waals surface area contributed by atoms with Crippen molar-refractivity contribution in [2.45, 2.75) is 32.7 Å². The molecule has 0 bridgehead atoms. The van der Waals surface area contributed by atoms with E-state index >= 15 is 0 Å². The highest BCUT2D eigenvalue weighted by Crippen LogP contribution is 2.26. The van der Waals surface area contributed by atoms with Crippen molar-refractivity contribution in [2.24, 2.45) is 5.92 Å². The van der Waals surface area contributed by atoms with E-state index in [9.17, 15) is 9.90 Å². The maximum atomic E-state index is 12.4. The summed E-state index contributed by atoms with van der Waals surface area (Å²) in [6.45, 7) is 4.63. The van der Waals surface area contributed by atoms with Crippen LogP contribution in [0.2, 0.25) is 0 Å². The lowest BCUT2D eigenvalue weighted by Crippen LogP contribution is -2.40. The molecule has 0 aromatic carbocycles. The zero-order valence-corrected chi connectivity index (χ0v) is 10.8. The van der Waals surface area contributed by atoms with Crippen LogP contribution in [0.1, 0.15) is 36.5 Å². The molecule has 1 aromatic rings. The quantitative estimate of drug-likeness (QED) is 0.725. The number of aromatic amines is 1. The van der Waals surface area contributed by atoms with Crippen molar-refractivity contribution >= 4 is 11.6 Å². The highest BCUT2D eigenvalue weighted by atomic mass is 16.3. The second kappa shape index (κ2) is 4.97. The predicted molar refractivity (Wildman–Crippen MR) is 68.1 cm³/mol. The van der Waals surface area contributed by atoms with Crippen LogP contribution in [0.5, 0.6) is 0 Å². The molecule has 1 aromatic heterocycles. The van der Waals surface area contributed by atoms with Crippen LogP contribution in [-0.2, 0) is 6.42 Å². The first kappa shape index (κ1) is 12.9. The van der Waals surface area contributed by atoms with Crippen LogP contribution in [0.4, 0.5) is 5.69 Å². The second-order valence-corrected chi connectivity index (χ2v) is 4.83. The van der Waals surface area contributed by atoms with E-state index in [0.717, 1.165) is 12.1 Å². The van der Waals surface area contributed by atoms with Crippen molar-refractivity contribution in [2.75, 3.05) is 18.9 Å². The average Bonchev–Trinajstić information content (AvgIpc) is 2.91. The summed E-state index contributed by atoms with van der Waals surface area (Å²) in [5.41, 5.74) is 7.39. The van der Waals surface area contributed by atoms with Crippen molar-refractivity contribution in [1.29, 1.82) is 0 Å². The number of nitrogens with zero attached hydrogens (tertiary/aromatic N) is 2. The zero-order valence-electron chi connectivity index (χ0n) is 10.8. The predicted octanol–water partition coefficient (Wildman–Crippen LogP) is 0.397. The van der Waals surface area contributed by atoms with Gasteiger partial charge < -0.3 is 15.7 Å². The topological polar surface area (TPSA) is 95.2 Å². The molecule has 1 amide bonds. The number of nitrogens with two attached hydrogens (primary N) is 1. The summed E-state index contributed by atoms with van der Waals surface area (Å²) in [7, 11) is 0. The van der Waals surface area contributed by atoms with Gasteiger partial charge in [0.15, 0.2) is 5.69 Å². The number of rotatable bonds is 3. The van der Waals surface area contributed by atoms with Crippen molar-refractivity contribution < 1.29 is 9.90 Å². The molecule has 1 aliphatic rings. The van der Waals surface area contributed by atoms with E-state index in [1.807, 2.05) is 13.8 Å². The molecule has 2 heterocycles. The van der Waals surface area contributed by atoms with Gasteiger partial charge in [0.2, 0.25) is 0 Å². The highest BCUT2D eigenvalue weighted by Gasteiger charge is 2.36. The SMILES string of the molecule is CCc1[nH]nc(C(=O)N2CCC(C)C2CO)c1N. The molecule has 6 nitrogen and oxygen atoms in total. The number of carbonyl (C=O) groups excluding carboxylic acids is 1. The highest BCUT2D eigenvalue weighted by molar-refractivity contribution is 5.98. The van der Waals surface area contributed by atoms with Crippen LogP contribution in [0, 0.1) is 5.92 Å². The number of nitrogen functional groups attached to an aromatic ring is 1. The van der Waals surface area contributed by atoms with Crippen molar-refractivity contribution in [3.8, 4) is 0 Å². The Morgan fingerprint density at radius 1 is 1.67 bits per heavy atom. The number of likely N-dealkylation sites (tertiary alicyclic amines) is 1. The van der Waals surface area contributed by atoms with E-state index < -0.39 is 0 Å². The van der Waals surface area contributed by atoms with Crippen LogP contribution in [-0.4, -0.2) is 45.3 Å². The number of nitrogens with one attached hydrogen (secondary N) is 1. The van der Waals surface area contributed by atoms with Gasteiger partial charge in [-0.15, -0.1) is 0 Å². The van der Waals surface area contributed by atoms with E-state index in [2.05, 4.69) is 10.2 Å². The first-order chi connectivity index (χ1) is 8.60. The van der Waals surface area contributed by atoms with Crippen LogP contribution in [0.15, 0.2) is 0 Å². The van der Waals surface area contributed by atoms with Gasteiger partial charge in [-0.25, -0.2) is 0 Å². The Kier molecular flexibility index (Phi) is 3.56. The van der Waals surface area contributed by atoms with Crippen molar-refractivity contribution in [3.05, 3.63) is 11.4 Å². The van der Waals surface area contributed by atoms with E-state index in [4.69, 9.17) is 5.73 Å². The minimum absolute atomic E-state index is 0.0160. The average molecular weight is 252 g/mol. The van der Waals surface area contributed by atoms with E-state index in [-0.39, 0.29) is 24.2 Å². The summed E-state index contributed by atoms with van der Waals surface area (Å²) in [6.07, 6.45) is 1.62. The number of aliphatic hydroxyl groups is 1. The molecule has 0 aliphatic carbocycles. The summed E-state index contributed by atoms with van der Waals surface area (Å²) in [6, 6.07) is -0.126. The molecular weight excluding hydrogens is 232 g/mol. The Morgan fingerprint density at radius 3 is 2.94 bits per heavy atom. The first-order valence-corrected chi connectivity index (χ1v) is 6.34. The molecule has 1 aliphatic heterocycles. The van der Waals surface area contributed by atoms with Crippen LogP contribution >= 0.6 is 0 Å². The smallest absolute Gasteiger partial charge is 0.276 e. The molecule has 1 fully saturated rings. The van der Waals surface area contributed by atoms with Crippen LogP contribution in [0.25, 0.3) is 0 Å². The standard InChI is InChI=1S/C12H20N4O2/c1-3-8-10(13)11(15-14-8)12(18)16-5-4-7(2)9(16)6-17/h7,9,17H,3-6,13H2,1-2H3,(H,14,15). The maximum absolute atomic E-state index is 12.4.